The highest BCUT2D eigenvalue weighted by molar-refractivity contribution is 6.67. The van der Waals surface area contributed by atoms with Crippen LogP contribution in [0.1, 0.15) is 13.8 Å². The third-order valence-electron chi connectivity index (χ3n) is 0.888. The molecule has 78 valence electrons. The van der Waals surface area contributed by atoms with E-state index >= 15 is 0 Å². The second-order valence-corrected chi connectivity index (χ2v) is 5.37. The van der Waals surface area contributed by atoms with Crippen LogP contribution in [0.3, 0.4) is 0 Å². The molecule has 0 rings (SSSR count). The number of rotatable bonds is 3. The first kappa shape index (κ1) is 13.1. The van der Waals surface area contributed by atoms with Gasteiger partial charge in [0.15, 0.2) is 0 Å². The van der Waals surface area contributed by atoms with Crippen molar-refractivity contribution in [3.8, 4) is 0 Å². The molecular weight excluding hydrogens is 238 g/mol. The van der Waals surface area contributed by atoms with Crippen molar-refractivity contribution in [2.24, 2.45) is 5.92 Å². The highest BCUT2D eigenvalue weighted by Crippen LogP contribution is 2.25. The van der Waals surface area contributed by atoms with Gasteiger partial charge in [-0.1, -0.05) is 48.7 Å². The fourth-order valence-corrected chi connectivity index (χ4v) is 0.581. The Balaban J connectivity index is 3.53. The Kier molecular flexibility index (Phi) is 5.85. The van der Waals surface area contributed by atoms with Crippen molar-refractivity contribution in [1.29, 1.82) is 0 Å². The smallest absolute Gasteiger partial charge is 0.434 e. The third-order valence-corrected chi connectivity index (χ3v) is 1.22. The predicted molar refractivity (Wildman–Crippen MR) is 52.4 cm³/mol. The minimum Gasteiger partial charge on any atom is -0.434 e. The van der Waals surface area contributed by atoms with Crippen molar-refractivity contribution < 1.29 is 14.3 Å². The van der Waals surface area contributed by atoms with Crippen LogP contribution >= 0.6 is 34.8 Å². The lowest BCUT2D eigenvalue weighted by atomic mass is 10.2. The first-order chi connectivity index (χ1) is 5.81. The van der Waals surface area contributed by atoms with E-state index in [0.29, 0.717) is 6.61 Å². The molecule has 3 nitrogen and oxygen atoms in total. The van der Waals surface area contributed by atoms with Gasteiger partial charge in [0.2, 0.25) is 3.79 Å². The molecule has 0 N–H and O–H groups in total. The topological polar surface area (TPSA) is 35.5 Å². The Bertz CT molecular complexity index is 165. The lowest BCUT2D eigenvalue weighted by Crippen LogP contribution is -2.19. The summed E-state index contributed by atoms with van der Waals surface area (Å²) in [5.74, 6) is 0.250. The highest BCUT2D eigenvalue weighted by Gasteiger charge is 2.22. The molecule has 0 aliphatic carbocycles. The van der Waals surface area contributed by atoms with Gasteiger partial charge in [0.25, 0.3) is 0 Å². The van der Waals surface area contributed by atoms with E-state index < -0.39 is 9.95 Å². The standard InChI is InChI=1S/C7H11Cl3O3/c1-5(2)3-12-6(11)13-4-7(8,9)10/h5H,3-4H2,1-2H3. The molecule has 0 amide bonds. The molecule has 0 bridgehead atoms. The minimum atomic E-state index is -1.59. The maximum absolute atomic E-state index is 10.8. The van der Waals surface area contributed by atoms with Crippen LogP contribution in [-0.4, -0.2) is 23.2 Å². The summed E-state index contributed by atoms with van der Waals surface area (Å²) in [5.41, 5.74) is 0. The second-order valence-electron chi connectivity index (χ2n) is 2.86. The average molecular weight is 250 g/mol. The van der Waals surface area contributed by atoms with Crippen molar-refractivity contribution in [1.82, 2.24) is 0 Å². The highest BCUT2D eigenvalue weighted by atomic mass is 35.6. The fourth-order valence-electron chi connectivity index (χ4n) is 0.417. The number of hydrogen-bond acceptors (Lipinski definition) is 3. The summed E-state index contributed by atoms with van der Waals surface area (Å²) < 4.78 is 7.58. The van der Waals surface area contributed by atoms with Gasteiger partial charge in [0.1, 0.15) is 6.61 Å². The van der Waals surface area contributed by atoms with E-state index in [9.17, 15) is 4.79 Å². The lowest BCUT2D eigenvalue weighted by Gasteiger charge is -2.11. The number of alkyl halides is 3. The molecule has 6 heteroatoms. The van der Waals surface area contributed by atoms with Crippen LogP contribution in [0.2, 0.25) is 0 Å². The van der Waals surface area contributed by atoms with Crippen LogP contribution in [0.5, 0.6) is 0 Å². The maximum atomic E-state index is 10.8. The monoisotopic (exact) mass is 248 g/mol. The van der Waals surface area contributed by atoms with Gasteiger partial charge in [-0.05, 0) is 5.92 Å². The molecule has 0 radical (unpaired) electrons. The summed E-state index contributed by atoms with van der Waals surface area (Å²) >= 11 is 16.0. The van der Waals surface area contributed by atoms with E-state index in [4.69, 9.17) is 34.8 Å². The number of carbonyl (C=O) groups excluding carboxylic acids is 1. The Morgan fingerprint density at radius 2 is 1.85 bits per heavy atom. The number of carbonyl (C=O) groups is 1. The predicted octanol–water partition coefficient (Wildman–Crippen LogP) is 3.17. The second kappa shape index (κ2) is 5.78. The molecule has 0 saturated heterocycles. The van der Waals surface area contributed by atoms with Gasteiger partial charge in [0.05, 0.1) is 6.61 Å². The normalized spacial score (nSPS) is 11.5. The molecule has 13 heavy (non-hydrogen) atoms. The van der Waals surface area contributed by atoms with Crippen molar-refractivity contribution in [3.63, 3.8) is 0 Å². The van der Waals surface area contributed by atoms with Crippen molar-refractivity contribution >= 4 is 41.0 Å². The van der Waals surface area contributed by atoms with Gasteiger partial charge >= 0.3 is 6.16 Å². The van der Waals surface area contributed by atoms with E-state index in [1.807, 2.05) is 13.8 Å². The summed E-state index contributed by atoms with van der Waals surface area (Å²) in [6.07, 6.45) is -0.819. The average Bonchev–Trinajstić information content (AvgIpc) is 1.95. The summed E-state index contributed by atoms with van der Waals surface area (Å²) in [6, 6.07) is 0. The SMILES string of the molecule is CC(C)COC(=O)OCC(Cl)(Cl)Cl. The van der Waals surface area contributed by atoms with Crippen molar-refractivity contribution in [2.45, 2.75) is 17.6 Å². The van der Waals surface area contributed by atoms with Gasteiger partial charge in [-0.3, -0.25) is 0 Å². The molecule has 0 atom stereocenters. The largest absolute Gasteiger partial charge is 0.508 e. The summed E-state index contributed by atoms with van der Waals surface area (Å²) in [6.45, 7) is 3.79. The summed E-state index contributed by atoms with van der Waals surface area (Å²) in [5, 5.41) is 0. The van der Waals surface area contributed by atoms with Gasteiger partial charge in [-0.15, -0.1) is 0 Å². The Morgan fingerprint density at radius 1 is 1.31 bits per heavy atom. The molecule has 0 heterocycles. The van der Waals surface area contributed by atoms with E-state index in [2.05, 4.69) is 9.47 Å². The van der Waals surface area contributed by atoms with E-state index in [-0.39, 0.29) is 12.5 Å². The number of halogens is 3. The van der Waals surface area contributed by atoms with Gasteiger partial charge in [-0.25, -0.2) is 4.79 Å². The Hall–Kier alpha value is 0.140. The molecule has 0 fully saturated rings. The third kappa shape index (κ3) is 10.1. The van der Waals surface area contributed by atoms with Crippen LogP contribution in [0, 0.1) is 5.92 Å². The quantitative estimate of drug-likeness (QED) is 0.569. The Morgan fingerprint density at radius 3 is 2.23 bits per heavy atom. The van der Waals surface area contributed by atoms with Crippen LogP contribution in [0.25, 0.3) is 0 Å². The zero-order valence-electron chi connectivity index (χ0n) is 7.35. The molecule has 0 aromatic rings. The van der Waals surface area contributed by atoms with Gasteiger partial charge in [-0.2, -0.15) is 0 Å². The zero-order valence-corrected chi connectivity index (χ0v) is 9.62. The molecule has 0 aromatic carbocycles. The van der Waals surface area contributed by atoms with Crippen molar-refractivity contribution in [3.05, 3.63) is 0 Å². The molecule has 0 spiro atoms. The van der Waals surface area contributed by atoms with E-state index in [1.165, 1.54) is 0 Å². The van der Waals surface area contributed by atoms with Crippen LogP contribution in [0.15, 0.2) is 0 Å². The lowest BCUT2D eigenvalue weighted by molar-refractivity contribution is 0.0488. The first-order valence-electron chi connectivity index (χ1n) is 3.67. The summed E-state index contributed by atoms with van der Waals surface area (Å²) in [7, 11) is 0. The van der Waals surface area contributed by atoms with Crippen LogP contribution in [-0.2, 0) is 9.47 Å². The molecule has 0 aromatic heterocycles. The minimum absolute atomic E-state index is 0.250. The molecule has 0 unspecified atom stereocenters. The molecule has 0 aliphatic heterocycles. The maximum Gasteiger partial charge on any atom is 0.508 e. The molecule has 0 saturated carbocycles. The fraction of sp³-hybridized carbons (Fsp3) is 0.857. The van der Waals surface area contributed by atoms with E-state index in [0.717, 1.165) is 0 Å². The molecule has 0 aliphatic rings. The van der Waals surface area contributed by atoms with Crippen molar-refractivity contribution in [2.75, 3.05) is 13.2 Å². The Labute approximate surface area is 92.2 Å². The van der Waals surface area contributed by atoms with Crippen LogP contribution in [0.4, 0.5) is 4.79 Å². The number of hydrogen-bond donors (Lipinski definition) is 0. The zero-order chi connectivity index (χ0) is 10.5. The first-order valence-corrected chi connectivity index (χ1v) is 4.81. The molecular formula is C7H11Cl3O3. The van der Waals surface area contributed by atoms with Crippen LogP contribution < -0.4 is 0 Å². The summed E-state index contributed by atoms with van der Waals surface area (Å²) in [4.78, 5) is 10.8. The van der Waals surface area contributed by atoms with Gasteiger partial charge < -0.3 is 9.47 Å². The number of ether oxygens (including phenoxy) is 2. The van der Waals surface area contributed by atoms with Gasteiger partial charge in [0, 0.05) is 0 Å². The van der Waals surface area contributed by atoms with E-state index in [1.54, 1.807) is 0 Å².